The molecule has 0 unspecified atom stereocenters. The third-order valence-corrected chi connectivity index (χ3v) is 6.55. The third-order valence-electron chi connectivity index (χ3n) is 6.55. The van der Waals surface area contributed by atoms with Crippen molar-refractivity contribution in [3.8, 4) is 0 Å². The smallest absolute Gasteiger partial charge is 0.352 e. The van der Waals surface area contributed by atoms with E-state index in [2.05, 4.69) is 45.1 Å². The van der Waals surface area contributed by atoms with Crippen molar-refractivity contribution in [2.45, 2.75) is 91.4 Å². The Labute approximate surface area is 230 Å². The van der Waals surface area contributed by atoms with Crippen LogP contribution in [0.3, 0.4) is 0 Å². The molecule has 212 valence electrons. The summed E-state index contributed by atoms with van der Waals surface area (Å²) in [6, 6.07) is 11.2. The summed E-state index contributed by atoms with van der Waals surface area (Å²) in [5.41, 5.74) is 1.65. The van der Waals surface area contributed by atoms with Gasteiger partial charge in [-0.1, -0.05) is 77.6 Å². The zero-order chi connectivity index (χ0) is 28.8. The normalized spacial score (nSPS) is 15.0. The zero-order valence-corrected chi connectivity index (χ0v) is 23.8. The van der Waals surface area contributed by atoms with Gasteiger partial charge in [0.05, 0.1) is 5.69 Å². The Bertz CT molecular complexity index is 1180. The molecule has 39 heavy (non-hydrogen) atoms. The highest BCUT2D eigenvalue weighted by molar-refractivity contribution is 6.16. The fourth-order valence-electron chi connectivity index (χ4n) is 4.37. The Balaban J connectivity index is 2.06. The molecule has 1 aliphatic rings. The number of hydrogen-bond donors (Lipinski definition) is 1. The van der Waals surface area contributed by atoms with E-state index in [1.54, 1.807) is 0 Å². The van der Waals surface area contributed by atoms with Crippen molar-refractivity contribution in [2.24, 2.45) is 0 Å². The van der Waals surface area contributed by atoms with Crippen molar-refractivity contribution < 1.29 is 27.8 Å². The Morgan fingerprint density at radius 2 is 1.54 bits per heavy atom. The summed E-state index contributed by atoms with van der Waals surface area (Å²) in [6.45, 7) is 12.3. The molecule has 0 radical (unpaired) electrons. The number of carbonyl (C=O) groups excluding carboxylic acids is 2. The number of cyclic esters (lactones) is 2. The van der Waals surface area contributed by atoms with Crippen LogP contribution in [0.4, 0.5) is 14.5 Å². The van der Waals surface area contributed by atoms with Crippen molar-refractivity contribution in [1.82, 2.24) is 4.90 Å². The minimum absolute atomic E-state index is 0.0191. The molecule has 0 spiro atoms. The predicted molar refractivity (Wildman–Crippen MR) is 148 cm³/mol. The number of ether oxygens (including phenoxy) is 2. The van der Waals surface area contributed by atoms with Gasteiger partial charge < -0.3 is 19.7 Å². The predicted octanol–water partition coefficient (Wildman–Crippen LogP) is 7.19. The van der Waals surface area contributed by atoms with Gasteiger partial charge in [-0.15, -0.1) is 0 Å². The van der Waals surface area contributed by atoms with Gasteiger partial charge in [-0.05, 0) is 35.1 Å². The number of hydrogen-bond acceptors (Lipinski definition) is 6. The van der Waals surface area contributed by atoms with E-state index in [1.807, 2.05) is 17.0 Å². The minimum Gasteiger partial charge on any atom is -0.419 e. The lowest BCUT2D eigenvalue weighted by atomic mass is 9.87. The fraction of sp³-hybridized carbons (Fsp3) is 0.484. The Morgan fingerprint density at radius 3 is 2.10 bits per heavy atom. The summed E-state index contributed by atoms with van der Waals surface area (Å²) >= 11 is 0. The summed E-state index contributed by atoms with van der Waals surface area (Å²) in [5, 5.41) is 2.90. The molecule has 1 aliphatic heterocycles. The molecule has 0 amide bonds. The lowest BCUT2D eigenvalue weighted by Gasteiger charge is -2.34. The molecule has 0 atom stereocenters. The summed E-state index contributed by atoms with van der Waals surface area (Å²) in [4.78, 5) is 28.1. The van der Waals surface area contributed by atoms with Crippen LogP contribution >= 0.6 is 0 Å². The van der Waals surface area contributed by atoms with Gasteiger partial charge in [0.2, 0.25) is 0 Å². The second kappa shape index (κ2) is 12.6. The highest BCUT2D eigenvalue weighted by Gasteiger charge is 2.42. The van der Waals surface area contributed by atoms with Gasteiger partial charge >= 0.3 is 11.9 Å². The van der Waals surface area contributed by atoms with Crippen molar-refractivity contribution in [2.75, 3.05) is 11.9 Å². The van der Waals surface area contributed by atoms with E-state index in [0.29, 0.717) is 13.1 Å². The van der Waals surface area contributed by atoms with Crippen LogP contribution in [0, 0.1) is 11.6 Å². The van der Waals surface area contributed by atoms with E-state index < -0.39 is 29.4 Å². The number of halogens is 2. The van der Waals surface area contributed by atoms with Crippen LogP contribution in [0.15, 0.2) is 53.9 Å². The molecule has 3 rings (SSSR count). The molecule has 0 bridgehead atoms. The van der Waals surface area contributed by atoms with Gasteiger partial charge in [0.1, 0.15) is 17.5 Å². The first kappa shape index (κ1) is 30.1. The lowest BCUT2D eigenvalue weighted by molar-refractivity contribution is -0.222. The van der Waals surface area contributed by atoms with Gasteiger partial charge in [-0.2, -0.15) is 0 Å². The lowest BCUT2D eigenvalue weighted by Crippen LogP contribution is -2.44. The maximum absolute atomic E-state index is 14.8. The van der Waals surface area contributed by atoms with Crippen LogP contribution in [0.2, 0.25) is 0 Å². The topological polar surface area (TPSA) is 67.9 Å². The molecule has 6 nitrogen and oxygen atoms in total. The molecule has 0 saturated carbocycles. The molecule has 1 heterocycles. The number of carbonyl (C=O) groups is 2. The van der Waals surface area contributed by atoms with Crippen LogP contribution in [-0.2, 0) is 31.0 Å². The molecule has 1 N–H and O–H groups in total. The van der Waals surface area contributed by atoms with E-state index in [9.17, 15) is 18.4 Å². The second-order valence-electron chi connectivity index (χ2n) is 11.4. The van der Waals surface area contributed by atoms with Gasteiger partial charge in [0.25, 0.3) is 5.79 Å². The number of benzene rings is 2. The van der Waals surface area contributed by atoms with Crippen LogP contribution in [-0.4, -0.2) is 29.2 Å². The van der Waals surface area contributed by atoms with Crippen LogP contribution in [0.25, 0.3) is 0 Å². The summed E-state index contributed by atoms with van der Waals surface area (Å²) < 4.78 is 39.1. The summed E-state index contributed by atoms with van der Waals surface area (Å²) in [6.07, 6.45) is 4.98. The van der Waals surface area contributed by atoms with Crippen molar-refractivity contribution in [1.29, 1.82) is 0 Å². The maximum Gasteiger partial charge on any atom is 0.352 e. The maximum atomic E-state index is 14.8. The van der Waals surface area contributed by atoms with Crippen molar-refractivity contribution in [3.05, 3.63) is 76.6 Å². The first-order chi connectivity index (χ1) is 18.3. The molecule has 2 aromatic rings. The van der Waals surface area contributed by atoms with Crippen molar-refractivity contribution in [3.63, 3.8) is 0 Å². The van der Waals surface area contributed by atoms with Gasteiger partial charge in [-0.3, -0.25) is 0 Å². The number of nitrogens with one attached hydrogen (secondary N) is 1. The Morgan fingerprint density at radius 1 is 0.923 bits per heavy atom. The van der Waals surface area contributed by atoms with E-state index in [1.165, 1.54) is 25.5 Å². The summed E-state index contributed by atoms with van der Waals surface area (Å²) in [7, 11) is 0. The Kier molecular flexibility index (Phi) is 9.75. The quantitative estimate of drug-likeness (QED) is 0.140. The van der Waals surface area contributed by atoms with E-state index in [-0.39, 0.29) is 22.5 Å². The van der Waals surface area contributed by atoms with Crippen LogP contribution in [0.1, 0.15) is 84.8 Å². The van der Waals surface area contributed by atoms with E-state index >= 15 is 0 Å². The second-order valence-corrected chi connectivity index (χ2v) is 11.4. The first-order valence-corrected chi connectivity index (χ1v) is 13.6. The van der Waals surface area contributed by atoms with Gasteiger partial charge in [-0.25, -0.2) is 18.4 Å². The number of unbranched alkanes of at least 4 members (excludes halogenated alkanes) is 4. The number of anilines is 1. The van der Waals surface area contributed by atoms with Crippen LogP contribution < -0.4 is 5.32 Å². The molecule has 2 aromatic carbocycles. The van der Waals surface area contributed by atoms with Crippen LogP contribution in [0.5, 0.6) is 0 Å². The molecule has 0 aromatic heterocycles. The molecular weight excluding hydrogens is 502 g/mol. The third kappa shape index (κ3) is 8.28. The standard InChI is InChI=1S/C31H40F2N2O4/c1-7-8-9-10-11-18-35(20-21-12-14-22(15-13-21)30(2,3)4)27(34-25-17-16-23(32)19-24(25)33)26-28(36)38-31(5,6)39-29(26)37/h12-17,19,34H,7-11,18,20H2,1-6H3. The van der Waals surface area contributed by atoms with E-state index in [4.69, 9.17) is 9.47 Å². The van der Waals surface area contributed by atoms with Gasteiger partial charge in [0.15, 0.2) is 5.57 Å². The summed E-state index contributed by atoms with van der Waals surface area (Å²) in [5.74, 6) is -4.72. The highest BCUT2D eigenvalue weighted by Crippen LogP contribution is 2.30. The fourth-order valence-corrected chi connectivity index (χ4v) is 4.37. The molecule has 1 fully saturated rings. The number of esters is 2. The molecule has 8 heteroatoms. The van der Waals surface area contributed by atoms with Gasteiger partial charge in [0, 0.05) is 33.0 Å². The first-order valence-electron chi connectivity index (χ1n) is 13.6. The largest absolute Gasteiger partial charge is 0.419 e. The average Bonchev–Trinajstić information content (AvgIpc) is 2.82. The number of rotatable bonds is 11. The number of nitrogens with zero attached hydrogens (tertiary/aromatic N) is 1. The monoisotopic (exact) mass is 542 g/mol. The minimum atomic E-state index is -1.43. The highest BCUT2D eigenvalue weighted by atomic mass is 19.1. The average molecular weight is 543 g/mol. The molecule has 1 saturated heterocycles. The molecular formula is C31H40F2N2O4. The van der Waals surface area contributed by atoms with Crippen molar-refractivity contribution >= 4 is 17.6 Å². The zero-order valence-electron chi connectivity index (χ0n) is 23.8. The SMILES string of the molecule is CCCCCCCN(Cc1ccc(C(C)(C)C)cc1)C(Nc1ccc(F)cc1F)=C1C(=O)OC(C)(C)OC1=O. The Hall–Kier alpha value is -3.42. The van der Waals surface area contributed by atoms with E-state index in [0.717, 1.165) is 49.8 Å². The molecule has 0 aliphatic carbocycles.